The molecule has 1 amide bonds. The number of benzene rings is 2. The maximum absolute atomic E-state index is 14.4. The summed E-state index contributed by atoms with van der Waals surface area (Å²) in [5.41, 5.74) is 6.68. The molecule has 6 heterocycles. The van der Waals surface area contributed by atoms with Crippen LogP contribution in [0.4, 0.5) is 27.8 Å². The van der Waals surface area contributed by atoms with Crippen molar-refractivity contribution in [2.45, 2.75) is 49.8 Å². The number of rotatable bonds is 12. The lowest BCUT2D eigenvalue weighted by atomic mass is 9.72. The second-order valence-corrected chi connectivity index (χ2v) is 20.8. The first-order valence-corrected chi connectivity index (χ1v) is 24.2. The lowest BCUT2D eigenvalue weighted by Gasteiger charge is -2.39. The molecule has 64 heavy (non-hydrogen) atoms. The van der Waals surface area contributed by atoms with Gasteiger partial charge in [-0.15, -0.1) is 0 Å². The second kappa shape index (κ2) is 18.3. The molecule has 5 aromatic rings. The van der Waals surface area contributed by atoms with Crippen molar-refractivity contribution >= 4 is 83.2 Å². The molecule has 4 aliphatic rings. The Kier molecular flexibility index (Phi) is 12.6. The van der Waals surface area contributed by atoms with E-state index in [1.165, 1.54) is 16.7 Å². The third kappa shape index (κ3) is 9.58. The minimum absolute atomic E-state index is 0.0308. The summed E-state index contributed by atoms with van der Waals surface area (Å²) in [6, 6.07) is 18.5. The third-order valence-electron chi connectivity index (χ3n) is 12.3. The van der Waals surface area contributed by atoms with Crippen LogP contribution < -0.4 is 24.6 Å². The van der Waals surface area contributed by atoms with Gasteiger partial charge in [0.1, 0.15) is 15.5 Å². The number of aromatic nitrogens is 2. The van der Waals surface area contributed by atoms with Crippen molar-refractivity contribution in [3.63, 3.8) is 0 Å². The number of thiophene rings is 1. The van der Waals surface area contributed by atoms with Crippen molar-refractivity contribution in [3.8, 4) is 5.88 Å². The van der Waals surface area contributed by atoms with Crippen LogP contribution in [-0.4, -0.2) is 112 Å². The van der Waals surface area contributed by atoms with Gasteiger partial charge < -0.3 is 34.3 Å². The third-order valence-corrected chi connectivity index (χ3v) is 15.5. The Balaban J connectivity index is 0.989. The molecule has 0 spiro atoms. The van der Waals surface area contributed by atoms with Crippen molar-refractivity contribution in [2.24, 2.45) is 5.41 Å². The first-order valence-electron chi connectivity index (χ1n) is 21.6. The molecule has 338 valence electrons. The number of amides is 1. The van der Waals surface area contributed by atoms with Crippen LogP contribution in [0, 0.1) is 15.5 Å². The molecule has 16 nitrogen and oxygen atoms in total. The van der Waals surface area contributed by atoms with E-state index in [9.17, 15) is 23.3 Å². The van der Waals surface area contributed by atoms with E-state index in [0.717, 1.165) is 74.1 Å². The maximum atomic E-state index is 14.4. The first kappa shape index (κ1) is 44.0. The Labute approximate surface area is 380 Å². The quantitative estimate of drug-likeness (QED) is 0.0813. The highest BCUT2D eigenvalue weighted by Gasteiger charge is 2.33. The van der Waals surface area contributed by atoms with Gasteiger partial charge in [-0.3, -0.25) is 19.8 Å². The molecule has 19 heteroatoms. The minimum atomic E-state index is -4.57. The lowest BCUT2D eigenvalue weighted by molar-refractivity contribution is -0.383. The topological polar surface area (TPSA) is 184 Å². The van der Waals surface area contributed by atoms with E-state index in [0.29, 0.717) is 73.6 Å². The van der Waals surface area contributed by atoms with Crippen molar-refractivity contribution in [1.82, 2.24) is 19.6 Å². The van der Waals surface area contributed by atoms with Crippen LogP contribution in [0.25, 0.3) is 16.6 Å². The number of piperazine rings is 1. The molecule has 3 aliphatic heterocycles. The molecule has 1 aliphatic carbocycles. The zero-order chi connectivity index (χ0) is 44.6. The van der Waals surface area contributed by atoms with Gasteiger partial charge in [0.05, 0.1) is 48.7 Å². The number of carbonyl (C=O) groups excluding carboxylic acids is 1. The number of hydrogen-bond donors (Lipinski definition) is 3. The highest BCUT2D eigenvalue weighted by Crippen LogP contribution is 2.44. The SMILES string of the molecule is CC1(C)CCC(CN2CCN(c3ccc(C(=O)NS(=O)(=O)c4cc([N+](=O)[O-])c(NCC5COCCO5)s4)c(N4CCCOc5nc6[nH]ccc6cc54)c3)CC2)=C(c2ccc(Cl)cc2)C1. The van der Waals surface area contributed by atoms with Crippen LogP contribution in [0.3, 0.4) is 0 Å². The number of pyridine rings is 1. The van der Waals surface area contributed by atoms with Crippen molar-refractivity contribution in [3.05, 3.63) is 98.7 Å². The summed E-state index contributed by atoms with van der Waals surface area (Å²) < 4.78 is 46.8. The summed E-state index contributed by atoms with van der Waals surface area (Å²) in [4.78, 5) is 40.4. The van der Waals surface area contributed by atoms with Gasteiger partial charge in [-0.2, -0.15) is 4.98 Å². The Hall–Kier alpha value is -5.24. The molecule has 0 radical (unpaired) electrons. The van der Waals surface area contributed by atoms with E-state index in [-0.39, 0.29) is 32.8 Å². The number of ether oxygens (including phenoxy) is 3. The highest BCUT2D eigenvalue weighted by molar-refractivity contribution is 7.92. The van der Waals surface area contributed by atoms with Gasteiger partial charge in [0.2, 0.25) is 5.88 Å². The molecule has 9 rings (SSSR count). The molecule has 3 N–H and O–H groups in total. The number of carbonyl (C=O) groups is 1. The number of hydrogen-bond acceptors (Lipinski definition) is 14. The van der Waals surface area contributed by atoms with Gasteiger partial charge in [0, 0.05) is 74.2 Å². The van der Waals surface area contributed by atoms with E-state index in [1.54, 1.807) is 12.3 Å². The smallest absolute Gasteiger partial charge is 0.304 e. The molecule has 2 aromatic carbocycles. The number of fused-ring (bicyclic) bond motifs is 2. The average molecular weight is 932 g/mol. The lowest BCUT2D eigenvalue weighted by Crippen LogP contribution is -2.47. The van der Waals surface area contributed by atoms with Crippen LogP contribution >= 0.6 is 22.9 Å². The van der Waals surface area contributed by atoms with Gasteiger partial charge in [0.15, 0.2) is 5.00 Å². The number of halogens is 1. The number of H-pyrrole nitrogens is 1. The number of aromatic amines is 1. The standard InChI is InChI=1S/C45H51ClN8O8S2/c1-45(2)12-10-31(36(25-45)29-4-6-32(46)7-5-29)27-51-15-17-52(18-16-51)33-8-9-35(37(23-33)53-14-3-19-62-43-38(53)22-30-11-13-47-41(30)49-43)42(55)50-64(58,59)40-24-39(54(56)57)44(63-40)48-26-34-28-60-20-21-61-34/h4-9,11,13,22-24,34,48H,3,10,12,14-21,25-28H2,1-2H3,(H,47,49)(H,50,55). The summed E-state index contributed by atoms with van der Waals surface area (Å²) in [6.07, 6.45) is 5.23. The summed E-state index contributed by atoms with van der Waals surface area (Å²) in [6.45, 7) is 10.9. The van der Waals surface area contributed by atoms with Crippen LogP contribution in [0.5, 0.6) is 5.88 Å². The van der Waals surface area contributed by atoms with Gasteiger partial charge >= 0.3 is 5.69 Å². The fourth-order valence-corrected chi connectivity index (χ4v) is 11.3. The highest BCUT2D eigenvalue weighted by atomic mass is 35.5. The van der Waals surface area contributed by atoms with E-state index in [4.69, 9.17) is 30.8 Å². The van der Waals surface area contributed by atoms with Gasteiger partial charge in [-0.05, 0) is 84.7 Å². The number of anilines is 4. The van der Waals surface area contributed by atoms with Crippen molar-refractivity contribution in [1.29, 1.82) is 0 Å². The first-order chi connectivity index (χ1) is 30.8. The molecule has 1 unspecified atom stereocenters. The zero-order valence-corrected chi connectivity index (χ0v) is 38.1. The molecular weight excluding hydrogens is 880 g/mol. The van der Waals surface area contributed by atoms with E-state index < -0.39 is 26.5 Å². The van der Waals surface area contributed by atoms with Gasteiger partial charge in [-0.25, -0.2) is 13.1 Å². The summed E-state index contributed by atoms with van der Waals surface area (Å²) in [5, 5.41) is 16.6. The fourth-order valence-electron chi connectivity index (χ4n) is 8.89. The van der Waals surface area contributed by atoms with Crippen molar-refractivity contribution in [2.75, 3.05) is 87.4 Å². The Bertz CT molecular complexity index is 2690. The fraction of sp³-hybridized carbons (Fsp3) is 0.422. The molecule has 3 aromatic heterocycles. The van der Waals surface area contributed by atoms with Crippen LogP contribution in [0.15, 0.2) is 76.6 Å². The Morgan fingerprint density at radius 3 is 2.61 bits per heavy atom. The van der Waals surface area contributed by atoms with E-state index in [2.05, 4.69) is 50.8 Å². The Morgan fingerprint density at radius 2 is 1.84 bits per heavy atom. The van der Waals surface area contributed by atoms with Crippen LogP contribution in [-0.2, 0) is 19.5 Å². The predicted molar refractivity (Wildman–Crippen MR) is 249 cm³/mol. The second-order valence-electron chi connectivity index (χ2n) is 17.4. The summed E-state index contributed by atoms with van der Waals surface area (Å²) in [7, 11) is -4.57. The van der Waals surface area contributed by atoms with E-state index >= 15 is 0 Å². The largest absolute Gasteiger partial charge is 0.476 e. The monoisotopic (exact) mass is 930 g/mol. The summed E-state index contributed by atoms with van der Waals surface area (Å²) in [5.74, 6) is -0.493. The minimum Gasteiger partial charge on any atom is -0.476 e. The van der Waals surface area contributed by atoms with Crippen LogP contribution in [0.1, 0.15) is 55.5 Å². The normalized spacial score (nSPS) is 19.5. The molecule has 2 saturated heterocycles. The number of allylic oxidation sites excluding steroid dienone is 1. The predicted octanol–water partition coefficient (Wildman–Crippen LogP) is 7.84. The molecule has 1 atom stereocenters. The molecule has 0 saturated carbocycles. The Morgan fingerprint density at radius 1 is 1.03 bits per heavy atom. The molecule has 0 bridgehead atoms. The average Bonchev–Trinajstić information content (AvgIpc) is 3.89. The van der Waals surface area contributed by atoms with Gasteiger partial charge in [-0.1, -0.05) is 54.5 Å². The number of nitro groups is 1. The van der Waals surface area contributed by atoms with E-state index in [1.807, 2.05) is 41.3 Å². The number of nitrogens with one attached hydrogen (secondary N) is 3. The van der Waals surface area contributed by atoms with Gasteiger partial charge in [0.25, 0.3) is 15.9 Å². The molecular formula is C45H51ClN8O8S2. The zero-order valence-electron chi connectivity index (χ0n) is 35.7. The number of sulfonamides is 1. The number of nitrogens with zero attached hydrogens (tertiary/aromatic N) is 5. The van der Waals surface area contributed by atoms with Crippen LogP contribution in [0.2, 0.25) is 5.02 Å². The van der Waals surface area contributed by atoms with Crippen molar-refractivity contribution < 1.29 is 32.3 Å². The maximum Gasteiger partial charge on any atom is 0.304 e. The molecule has 2 fully saturated rings. The summed E-state index contributed by atoms with van der Waals surface area (Å²) >= 11 is 6.94.